The molecule has 5 heteroatoms. The number of carbonyl (C=O) groups is 1. The summed E-state index contributed by atoms with van der Waals surface area (Å²) in [4.78, 5) is 11.6. The van der Waals surface area contributed by atoms with Crippen LogP contribution in [0.15, 0.2) is 6.20 Å². The highest BCUT2D eigenvalue weighted by Gasteiger charge is 2.19. The quantitative estimate of drug-likeness (QED) is 0.682. The predicted octanol–water partition coefficient (Wildman–Crippen LogP) is 0.609. The number of H-pyrrole nitrogens is 1. The molecule has 1 unspecified atom stereocenters. The van der Waals surface area contributed by atoms with Gasteiger partial charge in [0.15, 0.2) is 0 Å². The Morgan fingerprint density at radius 3 is 2.87 bits per heavy atom. The molecule has 5 nitrogen and oxygen atoms in total. The minimum Gasteiger partial charge on any atom is -0.388 e. The Morgan fingerprint density at radius 2 is 2.40 bits per heavy atom. The molecule has 0 spiro atoms. The Kier molecular flexibility index (Phi) is 3.47. The van der Waals surface area contributed by atoms with Crippen LogP contribution in [0, 0.1) is 6.92 Å². The highest BCUT2D eigenvalue weighted by Crippen LogP contribution is 2.07. The van der Waals surface area contributed by atoms with Crippen molar-refractivity contribution < 1.29 is 9.90 Å². The van der Waals surface area contributed by atoms with Gasteiger partial charge in [-0.2, -0.15) is 5.10 Å². The zero-order chi connectivity index (χ0) is 11.5. The second kappa shape index (κ2) is 4.44. The van der Waals surface area contributed by atoms with Crippen molar-refractivity contribution in [3.05, 3.63) is 17.5 Å². The molecule has 0 radical (unpaired) electrons. The van der Waals surface area contributed by atoms with Crippen LogP contribution in [0.5, 0.6) is 0 Å². The molecule has 0 bridgehead atoms. The Hall–Kier alpha value is -1.36. The van der Waals surface area contributed by atoms with Gasteiger partial charge in [-0.15, -0.1) is 0 Å². The monoisotopic (exact) mass is 211 g/mol. The van der Waals surface area contributed by atoms with Crippen LogP contribution in [-0.4, -0.2) is 33.4 Å². The van der Waals surface area contributed by atoms with Gasteiger partial charge in [0.05, 0.1) is 17.4 Å². The summed E-state index contributed by atoms with van der Waals surface area (Å²) in [5.41, 5.74) is 0.387. The van der Waals surface area contributed by atoms with E-state index in [4.69, 9.17) is 0 Å². The van der Waals surface area contributed by atoms with E-state index in [1.807, 2.05) is 6.92 Å². The van der Waals surface area contributed by atoms with E-state index in [2.05, 4.69) is 15.5 Å². The predicted molar refractivity (Wildman–Crippen MR) is 56.6 cm³/mol. The second-order valence-electron chi connectivity index (χ2n) is 3.94. The van der Waals surface area contributed by atoms with Crippen LogP contribution < -0.4 is 5.32 Å². The largest absolute Gasteiger partial charge is 0.388 e. The average molecular weight is 211 g/mol. The van der Waals surface area contributed by atoms with Crippen LogP contribution in [0.4, 0.5) is 0 Å². The fraction of sp³-hybridized carbons (Fsp3) is 0.600. The molecule has 0 aliphatic rings. The summed E-state index contributed by atoms with van der Waals surface area (Å²) in [6.45, 7) is 5.58. The number of amides is 1. The first-order valence-electron chi connectivity index (χ1n) is 4.97. The number of hydrogen-bond acceptors (Lipinski definition) is 3. The number of nitrogens with one attached hydrogen (secondary N) is 2. The molecule has 3 N–H and O–H groups in total. The van der Waals surface area contributed by atoms with E-state index in [-0.39, 0.29) is 12.5 Å². The van der Waals surface area contributed by atoms with E-state index < -0.39 is 5.60 Å². The maximum Gasteiger partial charge on any atom is 0.254 e. The number of aromatic amines is 1. The number of aromatic nitrogens is 2. The molecular formula is C10H17N3O2. The molecule has 1 heterocycles. The van der Waals surface area contributed by atoms with E-state index in [1.165, 1.54) is 6.20 Å². The third kappa shape index (κ3) is 3.06. The smallest absolute Gasteiger partial charge is 0.254 e. The van der Waals surface area contributed by atoms with E-state index in [1.54, 1.807) is 13.8 Å². The summed E-state index contributed by atoms with van der Waals surface area (Å²) in [5.74, 6) is -0.213. The Balaban J connectivity index is 2.55. The molecule has 1 aromatic heterocycles. The molecule has 0 saturated carbocycles. The highest BCUT2D eigenvalue weighted by molar-refractivity contribution is 5.94. The molecule has 15 heavy (non-hydrogen) atoms. The minimum absolute atomic E-state index is 0.213. The Morgan fingerprint density at radius 1 is 1.73 bits per heavy atom. The van der Waals surface area contributed by atoms with Crippen molar-refractivity contribution in [3.63, 3.8) is 0 Å². The number of carbonyl (C=O) groups excluding carboxylic acids is 1. The summed E-state index contributed by atoms with van der Waals surface area (Å²) in [6, 6.07) is 0. The molecule has 0 fully saturated rings. The fourth-order valence-corrected chi connectivity index (χ4v) is 1.07. The summed E-state index contributed by atoms with van der Waals surface area (Å²) in [5, 5.41) is 18.8. The average Bonchev–Trinajstić information content (AvgIpc) is 2.61. The lowest BCUT2D eigenvalue weighted by Crippen LogP contribution is -2.40. The molecule has 0 aliphatic heterocycles. The number of nitrogens with zero attached hydrogens (tertiary/aromatic N) is 1. The molecule has 0 aromatic carbocycles. The van der Waals surface area contributed by atoms with Gasteiger partial charge in [0.25, 0.3) is 5.91 Å². The molecule has 0 saturated heterocycles. The lowest BCUT2D eigenvalue weighted by molar-refractivity contribution is 0.0518. The SMILES string of the molecule is CCC(C)(O)CNC(=O)c1cn[nH]c1C. The number of rotatable bonds is 4. The Labute approximate surface area is 88.9 Å². The normalized spacial score (nSPS) is 14.7. The minimum atomic E-state index is -0.854. The molecule has 84 valence electrons. The van der Waals surface area contributed by atoms with Crippen molar-refractivity contribution in [3.8, 4) is 0 Å². The first kappa shape index (κ1) is 11.7. The van der Waals surface area contributed by atoms with E-state index in [0.717, 1.165) is 5.69 Å². The highest BCUT2D eigenvalue weighted by atomic mass is 16.3. The summed E-state index contributed by atoms with van der Waals surface area (Å²) >= 11 is 0. The van der Waals surface area contributed by atoms with Gasteiger partial charge < -0.3 is 10.4 Å². The maximum atomic E-state index is 11.6. The van der Waals surface area contributed by atoms with Crippen molar-refractivity contribution in [2.24, 2.45) is 0 Å². The summed E-state index contributed by atoms with van der Waals surface area (Å²) < 4.78 is 0. The first-order valence-corrected chi connectivity index (χ1v) is 4.97. The van der Waals surface area contributed by atoms with Gasteiger partial charge in [-0.1, -0.05) is 6.92 Å². The molecule has 1 atom stereocenters. The van der Waals surface area contributed by atoms with Crippen LogP contribution in [0.25, 0.3) is 0 Å². The summed E-state index contributed by atoms with van der Waals surface area (Å²) in [7, 11) is 0. The van der Waals surface area contributed by atoms with Gasteiger partial charge in [0, 0.05) is 12.2 Å². The lowest BCUT2D eigenvalue weighted by Gasteiger charge is -2.21. The van der Waals surface area contributed by atoms with E-state index >= 15 is 0 Å². The van der Waals surface area contributed by atoms with E-state index in [9.17, 15) is 9.90 Å². The van der Waals surface area contributed by atoms with Gasteiger partial charge >= 0.3 is 0 Å². The van der Waals surface area contributed by atoms with Crippen molar-refractivity contribution in [1.29, 1.82) is 0 Å². The Bertz CT molecular complexity index is 344. The van der Waals surface area contributed by atoms with Gasteiger partial charge in [-0.3, -0.25) is 9.89 Å². The molecule has 1 aromatic rings. The summed E-state index contributed by atoms with van der Waals surface area (Å²) in [6.07, 6.45) is 2.07. The van der Waals surface area contributed by atoms with Crippen molar-refractivity contribution in [1.82, 2.24) is 15.5 Å². The number of aliphatic hydroxyl groups is 1. The van der Waals surface area contributed by atoms with Crippen LogP contribution in [-0.2, 0) is 0 Å². The first-order chi connectivity index (χ1) is 6.96. The van der Waals surface area contributed by atoms with Gasteiger partial charge in [0.1, 0.15) is 0 Å². The van der Waals surface area contributed by atoms with Gasteiger partial charge in [-0.05, 0) is 20.3 Å². The molecule has 1 rings (SSSR count). The zero-order valence-corrected chi connectivity index (χ0v) is 9.29. The van der Waals surface area contributed by atoms with Crippen molar-refractivity contribution in [2.75, 3.05) is 6.54 Å². The number of aryl methyl sites for hydroxylation is 1. The maximum absolute atomic E-state index is 11.6. The van der Waals surface area contributed by atoms with Crippen LogP contribution in [0.3, 0.4) is 0 Å². The third-order valence-corrected chi connectivity index (χ3v) is 2.47. The second-order valence-corrected chi connectivity index (χ2v) is 3.94. The van der Waals surface area contributed by atoms with Gasteiger partial charge in [0.2, 0.25) is 0 Å². The van der Waals surface area contributed by atoms with Crippen molar-refractivity contribution >= 4 is 5.91 Å². The third-order valence-electron chi connectivity index (χ3n) is 2.47. The lowest BCUT2D eigenvalue weighted by atomic mass is 10.0. The number of hydrogen-bond donors (Lipinski definition) is 3. The van der Waals surface area contributed by atoms with Crippen molar-refractivity contribution in [2.45, 2.75) is 32.8 Å². The zero-order valence-electron chi connectivity index (χ0n) is 9.29. The van der Waals surface area contributed by atoms with Crippen LogP contribution in [0.2, 0.25) is 0 Å². The fourth-order valence-electron chi connectivity index (χ4n) is 1.07. The van der Waals surface area contributed by atoms with Crippen LogP contribution in [0.1, 0.15) is 36.3 Å². The van der Waals surface area contributed by atoms with Crippen LogP contribution >= 0.6 is 0 Å². The molecule has 1 amide bonds. The topological polar surface area (TPSA) is 78.0 Å². The molecule has 0 aliphatic carbocycles. The van der Waals surface area contributed by atoms with Gasteiger partial charge in [-0.25, -0.2) is 0 Å². The molecular weight excluding hydrogens is 194 g/mol. The van der Waals surface area contributed by atoms with E-state index in [0.29, 0.717) is 12.0 Å². The standard InChI is InChI=1S/C10H17N3O2/c1-4-10(3,15)6-11-9(14)8-5-12-13-7(8)2/h5,15H,4,6H2,1-3H3,(H,11,14)(H,12,13).